The maximum Gasteiger partial charge on any atom is 0.122 e. The third-order valence-electron chi connectivity index (χ3n) is 6.15. The number of rotatable bonds is 8. The molecule has 3 heteroatoms. The largest absolute Gasteiger partial charge is 0.508 e. The SMILES string of the molecule is CCCC(CC)(c1ccc(O)c(C)c1)c1ccc(OCC(O)C(C)(C)C)c(C)c1. The minimum atomic E-state index is -0.517. The highest BCUT2D eigenvalue weighted by Gasteiger charge is 2.32. The highest BCUT2D eigenvalue weighted by atomic mass is 16.5. The lowest BCUT2D eigenvalue weighted by atomic mass is 9.69. The van der Waals surface area contributed by atoms with Crippen molar-refractivity contribution in [2.75, 3.05) is 6.61 Å². The zero-order valence-electron chi connectivity index (χ0n) is 19.2. The lowest BCUT2D eigenvalue weighted by Crippen LogP contribution is -2.32. The number of hydrogen-bond acceptors (Lipinski definition) is 3. The Kier molecular flexibility index (Phi) is 7.40. The van der Waals surface area contributed by atoms with E-state index in [0.717, 1.165) is 36.1 Å². The number of aliphatic hydroxyl groups excluding tert-OH is 1. The summed E-state index contributed by atoms with van der Waals surface area (Å²) in [5.41, 5.74) is 4.20. The van der Waals surface area contributed by atoms with Crippen LogP contribution in [-0.4, -0.2) is 22.9 Å². The summed E-state index contributed by atoms with van der Waals surface area (Å²) in [5, 5.41) is 20.3. The Labute approximate surface area is 176 Å². The van der Waals surface area contributed by atoms with Gasteiger partial charge in [-0.15, -0.1) is 0 Å². The van der Waals surface area contributed by atoms with Crippen molar-refractivity contribution in [1.29, 1.82) is 0 Å². The van der Waals surface area contributed by atoms with Crippen molar-refractivity contribution in [3.05, 3.63) is 58.7 Å². The molecule has 0 aliphatic rings. The van der Waals surface area contributed by atoms with Gasteiger partial charge in [0.15, 0.2) is 0 Å². The number of benzene rings is 2. The van der Waals surface area contributed by atoms with Gasteiger partial charge in [-0.2, -0.15) is 0 Å². The molecule has 2 rings (SSSR count). The second kappa shape index (κ2) is 9.21. The van der Waals surface area contributed by atoms with E-state index in [9.17, 15) is 10.2 Å². The summed E-state index contributed by atoms with van der Waals surface area (Å²) in [6.07, 6.45) is 2.57. The van der Waals surface area contributed by atoms with Crippen molar-refractivity contribution in [2.45, 2.75) is 79.2 Å². The van der Waals surface area contributed by atoms with Crippen molar-refractivity contribution in [3.63, 3.8) is 0 Å². The Hall–Kier alpha value is -2.00. The summed E-state index contributed by atoms with van der Waals surface area (Å²) in [6, 6.07) is 12.4. The van der Waals surface area contributed by atoms with Crippen LogP contribution in [0.25, 0.3) is 0 Å². The van der Waals surface area contributed by atoms with E-state index in [2.05, 4.69) is 45.0 Å². The Morgan fingerprint density at radius 2 is 1.52 bits per heavy atom. The van der Waals surface area contributed by atoms with Crippen molar-refractivity contribution in [2.24, 2.45) is 5.41 Å². The molecule has 0 heterocycles. The monoisotopic (exact) mass is 398 g/mol. The highest BCUT2D eigenvalue weighted by molar-refractivity contribution is 5.47. The first-order valence-corrected chi connectivity index (χ1v) is 10.8. The number of aliphatic hydroxyl groups is 1. The van der Waals surface area contributed by atoms with Crippen LogP contribution in [0.1, 0.15) is 76.1 Å². The van der Waals surface area contributed by atoms with Gasteiger partial charge in [0.2, 0.25) is 0 Å². The van der Waals surface area contributed by atoms with Crippen molar-refractivity contribution in [1.82, 2.24) is 0 Å². The van der Waals surface area contributed by atoms with E-state index in [1.807, 2.05) is 39.8 Å². The Bertz CT molecular complexity index is 819. The first-order chi connectivity index (χ1) is 13.5. The molecule has 160 valence electrons. The van der Waals surface area contributed by atoms with E-state index in [1.165, 1.54) is 11.1 Å². The normalized spacial score (nSPS) is 15.0. The summed E-state index contributed by atoms with van der Waals surface area (Å²) >= 11 is 0. The fourth-order valence-electron chi connectivity index (χ4n) is 3.95. The minimum Gasteiger partial charge on any atom is -0.508 e. The van der Waals surface area contributed by atoms with E-state index in [0.29, 0.717) is 5.75 Å². The molecule has 0 bridgehead atoms. The first-order valence-electron chi connectivity index (χ1n) is 10.8. The Morgan fingerprint density at radius 1 is 0.931 bits per heavy atom. The van der Waals surface area contributed by atoms with Crippen LogP contribution in [0.3, 0.4) is 0 Å². The molecule has 0 fully saturated rings. The molecule has 2 aromatic carbocycles. The molecule has 0 radical (unpaired) electrons. The van der Waals surface area contributed by atoms with Crippen molar-refractivity contribution in [3.8, 4) is 11.5 Å². The minimum absolute atomic E-state index is 0.0958. The average molecular weight is 399 g/mol. The van der Waals surface area contributed by atoms with Crippen LogP contribution in [-0.2, 0) is 5.41 Å². The second-order valence-corrected chi connectivity index (χ2v) is 9.36. The molecule has 0 aliphatic heterocycles. The lowest BCUT2D eigenvalue weighted by Gasteiger charge is -2.35. The van der Waals surface area contributed by atoms with Crippen LogP contribution in [0.4, 0.5) is 0 Å². The van der Waals surface area contributed by atoms with Gasteiger partial charge in [-0.1, -0.05) is 65.3 Å². The Morgan fingerprint density at radius 3 is 2.00 bits per heavy atom. The summed E-state index contributed by atoms with van der Waals surface area (Å²) in [6.45, 7) is 14.8. The van der Waals surface area contributed by atoms with Gasteiger partial charge in [-0.25, -0.2) is 0 Å². The molecular weight excluding hydrogens is 360 g/mol. The molecular formula is C26H38O3. The molecule has 2 unspecified atom stereocenters. The van der Waals surface area contributed by atoms with E-state index >= 15 is 0 Å². The van der Waals surface area contributed by atoms with Crippen LogP contribution < -0.4 is 4.74 Å². The molecule has 3 nitrogen and oxygen atoms in total. The smallest absolute Gasteiger partial charge is 0.122 e. The van der Waals surface area contributed by atoms with Crippen LogP contribution >= 0.6 is 0 Å². The fourth-order valence-corrected chi connectivity index (χ4v) is 3.95. The first kappa shape index (κ1) is 23.3. The van der Waals surface area contributed by atoms with Gasteiger partial charge in [0, 0.05) is 5.41 Å². The van der Waals surface area contributed by atoms with Crippen LogP contribution in [0.2, 0.25) is 0 Å². The van der Waals surface area contributed by atoms with Crippen LogP contribution in [0.5, 0.6) is 11.5 Å². The zero-order valence-corrected chi connectivity index (χ0v) is 19.2. The van der Waals surface area contributed by atoms with E-state index < -0.39 is 6.10 Å². The summed E-state index contributed by atoms with van der Waals surface area (Å²) in [5.74, 6) is 1.16. The van der Waals surface area contributed by atoms with Gasteiger partial charge in [0.1, 0.15) is 18.1 Å². The molecule has 0 spiro atoms. The van der Waals surface area contributed by atoms with E-state index in [-0.39, 0.29) is 17.4 Å². The number of aromatic hydroxyl groups is 1. The third-order valence-corrected chi connectivity index (χ3v) is 6.15. The highest BCUT2D eigenvalue weighted by Crippen LogP contribution is 2.42. The maximum absolute atomic E-state index is 10.3. The Balaban J connectivity index is 2.40. The van der Waals surface area contributed by atoms with Gasteiger partial charge in [-0.3, -0.25) is 0 Å². The van der Waals surface area contributed by atoms with Gasteiger partial charge in [0.05, 0.1) is 6.10 Å². The molecule has 0 saturated heterocycles. The number of hydrogen-bond donors (Lipinski definition) is 2. The third kappa shape index (κ3) is 5.14. The molecule has 0 amide bonds. The number of phenols is 1. The van der Waals surface area contributed by atoms with Gasteiger partial charge >= 0.3 is 0 Å². The number of aryl methyl sites for hydroxylation is 2. The molecule has 0 saturated carbocycles. The zero-order chi connectivity index (χ0) is 21.8. The van der Waals surface area contributed by atoms with Crippen LogP contribution in [0.15, 0.2) is 36.4 Å². The molecule has 0 aliphatic carbocycles. The van der Waals surface area contributed by atoms with Gasteiger partial charge in [0.25, 0.3) is 0 Å². The fraction of sp³-hybridized carbons (Fsp3) is 0.538. The molecule has 2 aromatic rings. The van der Waals surface area contributed by atoms with Crippen molar-refractivity contribution >= 4 is 0 Å². The second-order valence-electron chi connectivity index (χ2n) is 9.36. The lowest BCUT2D eigenvalue weighted by molar-refractivity contribution is 0.0216. The quantitative estimate of drug-likeness (QED) is 0.549. The molecule has 2 N–H and O–H groups in total. The number of phenolic OH excluding ortho intramolecular Hbond substituents is 1. The van der Waals surface area contributed by atoms with Crippen LogP contribution in [0, 0.1) is 19.3 Å². The summed E-state index contributed by atoms with van der Waals surface area (Å²) < 4.78 is 5.94. The predicted octanol–water partition coefficient (Wildman–Crippen LogP) is 6.29. The summed E-state index contributed by atoms with van der Waals surface area (Å²) in [4.78, 5) is 0. The topological polar surface area (TPSA) is 49.7 Å². The van der Waals surface area contributed by atoms with Crippen molar-refractivity contribution < 1.29 is 14.9 Å². The standard InChI is InChI=1S/C26H38O3/c1-8-14-26(9-2,20-10-12-22(27)18(3)15-20)21-11-13-23(19(4)16-21)29-17-24(28)25(5,6)7/h10-13,15-16,24,27-28H,8-9,14,17H2,1-7H3. The van der Waals surface area contributed by atoms with E-state index in [1.54, 1.807) is 0 Å². The maximum atomic E-state index is 10.3. The predicted molar refractivity (Wildman–Crippen MR) is 121 cm³/mol. The average Bonchev–Trinajstić information content (AvgIpc) is 2.66. The molecule has 0 aromatic heterocycles. The molecule has 29 heavy (non-hydrogen) atoms. The van der Waals surface area contributed by atoms with E-state index in [4.69, 9.17) is 4.74 Å². The summed E-state index contributed by atoms with van der Waals surface area (Å²) in [7, 11) is 0. The molecule has 2 atom stereocenters. The van der Waals surface area contributed by atoms with Gasteiger partial charge < -0.3 is 14.9 Å². The number of ether oxygens (including phenoxy) is 1. The van der Waals surface area contributed by atoms with Gasteiger partial charge in [-0.05, 0) is 66.5 Å².